The van der Waals surface area contributed by atoms with Crippen LogP contribution in [0.5, 0.6) is 11.5 Å². The van der Waals surface area contributed by atoms with E-state index in [1.54, 1.807) is 12.1 Å². The van der Waals surface area contributed by atoms with E-state index in [2.05, 4.69) is 4.90 Å². The van der Waals surface area contributed by atoms with E-state index < -0.39 is 5.97 Å². The van der Waals surface area contributed by atoms with Crippen molar-refractivity contribution in [3.63, 3.8) is 0 Å². The quantitative estimate of drug-likeness (QED) is 0.221. The van der Waals surface area contributed by atoms with Crippen molar-refractivity contribution in [1.29, 1.82) is 5.26 Å². The summed E-state index contributed by atoms with van der Waals surface area (Å²) < 4.78 is 11.2. The number of nitriles is 1. The van der Waals surface area contributed by atoms with E-state index in [4.69, 9.17) is 21.7 Å². The van der Waals surface area contributed by atoms with Crippen LogP contribution in [0.1, 0.15) is 37.3 Å². The van der Waals surface area contributed by atoms with Crippen molar-refractivity contribution in [2.24, 2.45) is 0 Å². The second-order valence-corrected chi connectivity index (χ2v) is 7.30. The Hall–Kier alpha value is -3.17. The maximum absolute atomic E-state index is 12.6. The van der Waals surface area contributed by atoms with Crippen molar-refractivity contribution in [3.8, 4) is 17.6 Å². The molecule has 1 saturated heterocycles. The molecule has 1 aliphatic rings. The van der Waals surface area contributed by atoms with E-state index in [1.165, 1.54) is 12.5 Å². The van der Waals surface area contributed by atoms with E-state index in [0.717, 1.165) is 42.0 Å². The molecule has 0 spiro atoms. The third kappa shape index (κ3) is 5.46. The van der Waals surface area contributed by atoms with Gasteiger partial charge in [-0.2, -0.15) is 5.26 Å². The summed E-state index contributed by atoms with van der Waals surface area (Å²) in [6.07, 6.45) is 5.01. The number of esters is 1. The lowest BCUT2D eigenvalue weighted by molar-refractivity contribution is -0.129. The number of carbonyl (C=O) groups excluding carboxylic acids is 1. The zero-order valence-corrected chi connectivity index (χ0v) is 17.8. The molecule has 2 aromatic carbocycles. The summed E-state index contributed by atoms with van der Waals surface area (Å²) in [5, 5.41) is 9.40. The predicted octanol–water partition coefficient (Wildman–Crippen LogP) is 4.76. The van der Waals surface area contributed by atoms with Crippen LogP contribution in [-0.4, -0.2) is 35.6 Å². The number of hydrogen-bond acceptors (Lipinski definition) is 5. The molecule has 0 radical (unpaired) electrons. The highest BCUT2D eigenvalue weighted by Gasteiger charge is 2.19. The Morgan fingerprint density at radius 2 is 1.87 bits per heavy atom. The van der Waals surface area contributed by atoms with Crippen LogP contribution in [0.2, 0.25) is 0 Å². The fourth-order valence-corrected chi connectivity index (χ4v) is 3.59. The summed E-state index contributed by atoms with van der Waals surface area (Å²) in [4.78, 5) is 15.5. The van der Waals surface area contributed by atoms with Gasteiger partial charge in [-0.05, 0) is 56.0 Å². The summed E-state index contributed by atoms with van der Waals surface area (Å²) in [7, 11) is 0. The van der Waals surface area contributed by atoms with Gasteiger partial charge >= 0.3 is 5.97 Å². The van der Waals surface area contributed by atoms with Crippen molar-refractivity contribution < 1.29 is 14.3 Å². The fourth-order valence-electron chi connectivity index (χ4n) is 3.28. The summed E-state index contributed by atoms with van der Waals surface area (Å²) in [5.74, 6) is -0.0328. The molecule has 1 heterocycles. The molecule has 0 N–H and O–H groups in total. The minimum atomic E-state index is -0.728. The molecule has 6 heteroatoms. The molecule has 1 fully saturated rings. The first-order valence-corrected chi connectivity index (χ1v) is 10.5. The number of benzene rings is 2. The summed E-state index contributed by atoms with van der Waals surface area (Å²) >= 11 is 5.66. The minimum absolute atomic E-state index is 0.0865. The third-order valence-electron chi connectivity index (χ3n) is 4.79. The highest BCUT2D eigenvalue weighted by Crippen LogP contribution is 2.30. The van der Waals surface area contributed by atoms with Crippen LogP contribution in [0.3, 0.4) is 0 Å². The lowest BCUT2D eigenvalue weighted by atomic mass is 10.1. The van der Waals surface area contributed by atoms with Gasteiger partial charge in [0.1, 0.15) is 16.6 Å². The van der Waals surface area contributed by atoms with Crippen LogP contribution >= 0.6 is 12.2 Å². The number of rotatable bonds is 6. The topological polar surface area (TPSA) is 62.6 Å². The number of ether oxygens (including phenoxy) is 2. The summed E-state index contributed by atoms with van der Waals surface area (Å²) in [5.41, 5.74) is 1.52. The highest BCUT2D eigenvalue weighted by atomic mass is 32.1. The van der Waals surface area contributed by atoms with Crippen molar-refractivity contribution >= 4 is 29.3 Å². The van der Waals surface area contributed by atoms with Crippen LogP contribution in [0.25, 0.3) is 6.08 Å². The molecule has 0 unspecified atom stereocenters. The molecule has 0 amide bonds. The molecule has 0 atom stereocenters. The zero-order valence-electron chi connectivity index (χ0n) is 17.0. The zero-order chi connectivity index (χ0) is 21.3. The first kappa shape index (κ1) is 21.5. The van der Waals surface area contributed by atoms with Gasteiger partial charge in [0, 0.05) is 18.7 Å². The number of hydrogen-bond donors (Lipinski definition) is 0. The van der Waals surface area contributed by atoms with E-state index in [9.17, 15) is 10.1 Å². The lowest BCUT2D eigenvalue weighted by Crippen LogP contribution is -2.34. The molecule has 0 aliphatic carbocycles. The van der Waals surface area contributed by atoms with Crippen LogP contribution in [-0.2, 0) is 4.79 Å². The monoisotopic (exact) mass is 420 g/mol. The molecule has 0 bridgehead atoms. The van der Waals surface area contributed by atoms with Crippen LogP contribution < -0.4 is 9.47 Å². The molecular formula is C24H24N2O3S. The summed E-state index contributed by atoms with van der Waals surface area (Å²) in [6.45, 7) is 4.18. The Bertz CT molecular complexity index is 974. The van der Waals surface area contributed by atoms with E-state index in [0.29, 0.717) is 12.4 Å². The van der Waals surface area contributed by atoms with Crippen LogP contribution in [0.4, 0.5) is 0 Å². The molecular weight excluding hydrogens is 396 g/mol. The number of thiocarbonyl (C=S) groups is 1. The Morgan fingerprint density at radius 3 is 2.53 bits per heavy atom. The first-order chi connectivity index (χ1) is 14.6. The van der Waals surface area contributed by atoms with Crippen LogP contribution in [0.15, 0.2) is 54.1 Å². The van der Waals surface area contributed by atoms with Crippen molar-refractivity contribution in [1.82, 2.24) is 4.90 Å². The number of likely N-dealkylation sites (tertiary alicyclic amines) is 1. The largest absolute Gasteiger partial charge is 0.490 e. The second-order valence-electron chi connectivity index (χ2n) is 6.92. The highest BCUT2D eigenvalue weighted by molar-refractivity contribution is 7.80. The SMILES string of the molecule is CCOc1cc(C(=S)N2CCCCC2)ccc1OC(=O)/C(C#N)=C/c1ccccc1. The van der Waals surface area contributed by atoms with Gasteiger partial charge in [0.05, 0.1) is 6.61 Å². The van der Waals surface area contributed by atoms with E-state index in [-0.39, 0.29) is 11.3 Å². The fraction of sp³-hybridized carbons (Fsp3) is 0.292. The van der Waals surface area contributed by atoms with Gasteiger partial charge in [-0.25, -0.2) is 4.79 Å². The van der Waals surface area contributed by atoms with E-state index >= 15 is 0 Å². The third-order valence-corrected chi connectivity index (χ3v) is 5.28. The van der Waals surface area contributed by atoms with Gasteiger partial charge < -0.3 is 14.4 Å². The normalized spacial score (nSPS) is 14.0. The molecule has 0 aromatic heterocycles. The molecule has 5 nitrogen and oxygen atoms in total. The molecule has 2 aromatic rings. The second kappa shape index (κ2) is 10.6. The smallest absolute Gasteiger partial charge is 0.354 e. The van der Waals surface area contributed by atoms with Gasteiger partial charge in [-0.1, -0.05) is 42.5 Å². The first-order valence-electron chi connectivity index (χ1n) is 10.1. The van der Waals surface area contributed by atoms with Crippen molar-refractivity contribution in [2.75, 3.05) is 19.7 Å². The molecule has 3 rings (SSSR count). The standard InChI is InChI=1S/C24H24N2O3S/c1-2-28-22-16-19(23(30)26-13-7-4-8-14-26)11-12-21(22)29-24(27)20(17-25)15-18-9-5-3-6-10-18/h3,5-6,9-12,15-16H,2,4,7-8,13-14H2,1H3/b20-15+. The van der Waals surface area contributed by atoms with Gasteiger partial charge in [0.15, 0.2) is 11.5 Å². The minimum Gasteiger partial charge on any atom is -0.490 e. The van der Waals surface area contributed by atoms with E-state index in [1.807, 2.05) is 49.4 Å². The number of nitrogens with zero attached hydrogens (tertiary/aromatic N) is 2. The Balaban J connectivity index is 1.81. The summed E-state index contributed by atoms with van der Waals surface area (Å²) in [6, 6.07) is 16.4. The Kier molecular flexibility index (Phi) is 7.58. The van der Waals surface area contributed by atoms with Crippen LogP contribution in [0, 0.1) is 11.3 Å². The van der Waals surface area contributed by atoms with Gasteiger partial charge in [0.2, 0.25) is 0 Å². The number of piperidine rings is 1. The molecule has 154 valence electrons. The Labute approximate surface area is 182 Å². The van der Waals surface area contributed by atoms with Crippen molar-refractivity contribution in [3.05, 3.63) is 65.2 Å². The molecule has 1 aliphatic heterocycles. The average Bonchev–Trinajstić information content (AvgIpc) is 2.79. The predicted molar refractivity (Wildman–Crippen MR) is 120 cm³/mol. The maximum Gasteiger partial charge on any atom is 0.354 e. The lowest BCUT2D eigenvalue weighted by Gasteiger charge is -2.29. The van der Waals surface area contributed by atoms with Gasteiger partial charge in [0.25, 0.3) is 0 Å². The molecule has 0 saturated carbocycles. The van der Waals surface area contributed by atoms with Gasteiger partial charge in [-0.15, -0.1) is 0 Å². The van der Waals surface area contributed by atoms with Crippen molar-refractivity contribution in [2.45, 2.75) is 26.2 Å². The number of carbonyl (C=O) groups is 1. The maximum atomic E-state index is 12.6. The molecule has 30 heavy (non-hydrogen) atoms. The van der Waals surface area contributed by atoms with Gasteiger partial charge in [-0.3, -0.25) is 0 Å². The Morgan fingerprint density at radius 1 is 1.13 bits per heavy atom. The average molecular weight is 421 g/mol.